The lowest BCUT2D eigenvalue weighted by atomic mass is 10.0. The molecule has 7 heteroatoms. The number of anilines is 2. The number of nitrogens with one attached hydrogen (secondary N) is 1. The second kappa shape index (κ2) is 6.60. The number of nitrogens with zero attached hydrogens (tertiary/aromatic N) is 2. The van der Waals surface area contributed by atoms with Gasteiger partial charge in [-0.3, -0.25) is 24.6 Å². The highest BCUT2D eigenvalue weighted by Crippen LogP contribution is 2.43. The lowest BCUT2D eigenvalue weighted by molar-refractivity contribution is -0.134. The van der Waals surface area contributed by atoms with E-state index in [9.17, 15) is 14.4 Å². The summed E-state index contributed by atoms with van der Waals surface area (Å²) < 4.78 is 5.58. The van der Waals surface area contributed by atoms with E-state index in [1.54, 1.807) is 4.90 Å². The molecule has 2 aromatic carbocycles. The van der Waals surface area contributed by atoms with E-state index in [1.165, 1.54) is 0 Å². The van der Waals surface area contributed by atoms with Crippen LogP contribution in [0.5, 0.6) is 0 Å². The van der Waals surface area contributed by atoms with Crippen molar-refractivity contribution < 1.29 is 19.1 Å². The van der Waals surface area contributed by atoms with Crippen LogP contribution < -0.4 is 15.1 Å². The summed E-state index contributed by atoms with van der Waals surface area (Å²) in [4.78, 5) is 41.0. The highest BCUT2D eigenvalue weighted by Gasteiger charge is 2.41. The summed E-state index contributed by atoms with van der Waals surface area (Å²) in [5.41, 5.74) is 2.45. The Morgan fingerprint density at radius 2 is 1.89 bits per heavy atom. The van der Waals surface area contributed by atoms with Crippen LogP contribution in [-0.2, 0) is 14.3 Å². The molecule has 3 heterocycles. The van der Waals surface area contributed by atoms with Crippen LogP contribution in [0, 0.1) is 0 Å². The summed E-state index contributed by atoms with van der Waals surface area (Å²) >= 11 is 0. The van der Waals surface area contributed by atoms with Crippen LogP contribution in [0.15, 0.2) is 30.3 Å². The second-order valence-electron chi connectivity index (χ2n) is 7.43. The van der Waals surface area contributed by atoms with Crippen molar-refractivity contribution in [3.05, 3.63) is 35.9 Å². The molecule has 7 nitrogen and oxygen atoms in total. The molecule has 1 unspecified atom stereocenters. The normalized spacial score (nSPS) is 22.6. The Hall–Kier alpha value is -2.93. The molecule has 1 atom stereocenters. The summed E-state index contributed by atoms with van der Waals surface area (Å²) in [6.07, 6.45) is 1.55. The zero-order chi connectivity index (χ0) is 19.3. The van der Waals surface area contributed by atoms with Crippen LogP contribution in [0.4, 0.5) is 11.4 Å². The van der Waals surface area contributed by atoms with Crippen molar-refractivity contribution in [2.75, 3.05) is 36.1 Å². The lowest BCUT2D eigenvalue weighted by Crippen LogP contribution is -2.53. The smallest absolute Gasteiger partial charge is 0.259 e. The Labute approximate surface area is 162 Å². The first kappa shape index (κ1) is 17.2. The number of benzene rings is 2. The fourth-order valence-electron chi connectivity index (χ4n) is 4.49. The third-order valence-corrected chi connectivity index (χ3v) is 5.79. The van der Waals surface area contributed by atoms with E-state index in [0.717, 1.165) is 48.3 Å². The molecule has 3 amide bonds. The van der Waals surface area contributed by atoms with Gasteiger partial charge in [0, 0.05) is 42.6 Å². The Bertz CT molecular complexity index is 995. The number of rotatable bonds is 2. The average molecular weight is 379 g/mol. The predicted octanol–water partition coefficient (Wildman–Crippen LogP) is 1.83. The summed E-state index contributed by atoms with van der Waals surface area (Å²) in [6.45, 7) is 3.16. The highest BCUT2D eigenvalue weighted by molar-refractivity contribution is 6.28. The van der Waals surface area contributed by atoms with Crippen molar-refractivity contribution in [2.45, 2.75) is 25.3 Å². The van der Waals surface area contributed by atoms with Gasteiger partial charge in [0.05, 0.1) is 17.9 Å². The van der Waals surface area contributed by atoms with E-state index >= 15 is 0 Å². The fourth-order valence-corrected chi connectivity index (χ4v) is 4.49. The van der Waals surface area contributed by atoms with Crippen molar-refractivity contribution >= 4 is 39.9 Å². The molecule has 0 bridgehead atoms. The van der Waals surface area contributed by atoms with Crippen molar-refractivity contribution in [3.8, 4) is 0 Å². The number of amides is 3. The quantitative estimate of drug-likeness (QED) is 0.806. The van der Waals surface area contributed by atoms with Crippen molar-refractivity contribution in [3.63, 3.8) is 0 Å². The van der Waals surface area contributed by atoms with Crippen molar-refractivity contribution in [1.82, 2.24) is 5.32 Å². The van der Waals surface area contributed by atoms with Gasteiger partial charge in [-0.25, -0.2) is 0 Å². The van der Waals surface area contributed by atoms with Crippen molar-refractivity contribution in [1.29, 1.82) is 0 Å². The molecular weight excluding hydrogens is 358 g/mol. The van der Waals surface area contributed by atoms with Crippen LogP contribution in [0.2, 0.25) is 0 Å². The van der Waals surface area contributed by atoms with Gasteiger partial charge in [0.15, 0.2) is 0 Å². The Balaban J connectivity index is 1.60. The van der Waals surface area contributed by atoms with Crippen LogP contribution in [0.25, 0.3) is 10.8 Å². The van der Waals surface area contributed by atoms with Crippen molar-refractivity contribution in [2.24, 2.45) is 0 Å². The summed E-state index contributed by atoms with van der Waals surface area (Å²) in [7, 11) is 0. The molecule has 3 aliphatic heterocycles. The maximum absolute atomic E-state index is 13.2. The number of ether oxygens (including phenoxy) is 1. The monoisotopic (exact) mass is 379 g/mol. The maximum atomic E-state index is 13.2. The minimum atomic E-state index is -0.654. The van der Waals surface area contributed by atoms with E-state index in [2.05, 4.69) is 10.2 Å². The van der Waals surface area contributed by atoms with E-state index < -0.39 is 11.9 Å². The minimum absolute atomic E-state index is 0.175. The largest absolute Gasteiger partial charge is 0.380 e. The van der Waals surface area contributed by atoms with Gasteiger partial charge in [-0.2, -0.15) is 0 Å². The second-order valence-corrected chi connectivity index (χ2v) is 7.43. The fraction of sp³-hybridized carbons (Fsp3) is 0.381. The molecule has 5 rings (SSSR count). The molecule has 3 aliphatic rings. The number of carbonyl (C=O) groups is 3. The van der Waals surface area contributed by atoms with E-state index in [4.69, 9.17) is 4.74 Å². The zero-order valence-corrected chi connectivity index (χ0v) is 15.4. The molecule has 144 valence electrons. The van der Waals surface area contributed by atoms with Gasteiger partial charge in [0.2, 0.25) is 11.8 Å². The van der Waals surface area contributed by atoms with Crippen LogP contribution in [0.1, 0.15) is 29.6 Å². The van der Waals surface area contributed by atoms with Gasteiger partial charge in [-0.1, -0.05) is 12.1 Å². The van der Waals surface area contributed by atoms with Gasteiger partial charge in [0.25, 0.3) is 5.91 Å². The standard InChI is InChI=1S/C21H21N3O4/c25-18-8-7-17(20(26)22-18)24-16-4-1-3-13-15(23-9-2-11-28-12-10-23)6-5-14(19(13)16)21(24)27/h1,3-6,17H,2,7-12H2,(H,22,25,26). The van der Waals surface area contributed by atoms with Gasteiger partial charge in [0.1, 0.15) is 6.04 Å². The molecular formula is C21H21N3O4. The average Bonchev–Trinajstić information content (AvgIpc) is 2.87. The SMILES string of the molecule is O=C1CCC(N2C(=O)c3ccc(N4CCCOCC4)c4cccc2c34)C(=O)N1. The third-order valence-electron chi connectivity index (χ3n) is 5.79. The minimum Gasteiger partial charge on any atom is -0.380 e. The predicted molar refractivity (Wildman–Crippen MR) is 105 cm³/mol. The van der Waals surface area contributed by atoms with Crippen LogP contribution >= 0.6 is 0 Å². The molecule has 1 N–H and O–H groups in total. The first-order valence-electron chi connectivity index (χ1n) is 9.71. The molecule has 0 aromatic heterocycles. The molecule has 0 spiro atoms. The number of hydrogen-bond donors (Lipinski definition) is 1. The molecule has 2 fully saturated rings. The van der Waals surface area contributed by atoms with Gasteiger partial charge < -0.3 is 9.64 Å². The summed E-state index contributed by atoms with van der Waals surface area (Å²) in [6, 6.07) is 9.05. The third kappa shape index (κ3) is 2.57. The van der Waals surface area contributed by atoms with E-state index in [-0.39, 0.29) is 18.2 Å². The molecule has 0 saturated carbocycles. The summed E-state index contributed by atoms with van der Waals surface area (Å²) in [5.74, 6) is -0.861. The maximum Gasteiger partial charge on any atom is 0.259 e. The molecule has 0 aliphatic carbocycles. The molecule has 2 saturated heterocycles. The molecule has 0 radical (unpaired) electrons. The topological polar surface area (TPSA) is 79.0 Å². The first-order valence-corrected chi connectivity index (χ1v) is 9.71. The molecule has 2 aromatic rings. The van der Waals surface area contributed by atoms with Gasteiger partial charge in [-0.05, 0) is 31.0 Å². The Kier molecular flexibility index (Phi) is 4.05. The summed E-state index contributed by atoms with van der Waals surface area (Å²) in [5, 5.41) is 4.26. The molecule has 28 heavy (non-hydrogen) atoms. The van der Waals surface area contributed by atoms with E-state index in [1.807, 2.05) is 30.3 Å². The number of imide groups is 1. The van der Waals surface area contributed by atoms with Gasteiger partial charge in [-0.15, -0.1) is 0 Å². The van der Waals surface area contributed by atoms with E-state index in [0.29, 0.717) is 18.6 Å². The Morgan fingerprint density at radius 1 is 1.00 bits per heavy atom. The van der Waals surface area contributed by atoms with Crippen LogP contribution in [0.3, 0.4) is 0 Å². The Morgan fingerprint density at radius 3 is 2.75 bits per heavy atom. The lowest BCUT2D eigenvalue weighted by Gasteiger charge is -2.30. The number of carbonyl (C=O) groups excluding carboxylic acids is 3. The first-order chi connectivity index (χ1) is 13.6. The zero-order valence-electron chi connectivity index (χ0n) is 15.4. The number of piperidine rings is 1. The van der Waals surface area contributed by atoms with Crippen LogP contribution in [-0.4, -0.2) is 50.1 Å². The highest BCUT2D eigenvalue weighted by atomic mass is 16.5. The van der Waals surface area contributed by atoms with Gasteiger partial charge >= 0.3 is 0 Å². The number of hydrogen-bond acceptors (Lipinski definition) is 5.